The SMILES string of the molecule is CSC1=C(C)S/C(=C(/C(=C2/SC(C)=C(SC)S2)c2ccc(N(C)C)cc2)c2ccc(N(C)C)cc2)S1. The molecule has 0 amide bonds. The fourth-order valence-corrected chi connectivity index (χ4v) is 11.4. The van der Waals surface area contributed by atoms with Gasteiger partial charge in [-0.1, -0.05) is 71.3 Å². The Kier molecular flexibility index (Phi) is 9.61. The summed E-state index contributed by atoms with van der Waals surface area (Å²) >= 11 is 11.4. The van der Waals surface area contributed by atoms with Crippen molar-refractivity contribution < 1.29 is 0 Å². The molecule has 190 valence electrons. The summed E-state index contributed by atoms with van der Waals surface area (Å²) in [7, 11) is 8.38. The molecule has 0 aromatic heterocycles. The van der Waals surface area contributed by atoms with E-state index in [-0.39, 0.29) is 0 Å². The molecule has 0 aliphatic carbocycles. The average molecular weight is 589 g/mol. The van der Waals surface area contributed by atoms with Crippen LogP contribution >= 0.6 is 70.6 Å². The third-order valence-corrected chi connectivity index (χ3v) is 13.7. The zero-order valence-electron chi connectivity index (χ0n) is 22.0. The summed E-state index contributed by atoms with van der Waals surface area (Å²) in [5.74, 6) is 0. The Hall–Kier alpha value is -0.900. The van der Waals surface area contributed by atoms with Crippen LogP contribution in [0, 0.1) is 0 Å². The first-order valence-corrected chi connectivity index (χ1v) is 17.2. The molecule has 36 heavy (non-hydrogen) atoms. The average Bonchev–Trinajstić information content (AvgIpc) is 3.43. The second-order valence-corrected chi connectivity index (χ2v) is 15.9. The summed E-state index contributed by atoms with van der Waals surface area (Å²) in [5.41, 5.74) is 7.63. The van der Waals surface area contributed by atoms with Crippen LogP contribution in [0.15, 0.2) is 75.3 Å². The van der Waals surface area contributed by atoms with Gasteiger partial charge >= 0.3 is 0 Å². The molecule has 0 saturated carbocycles. The van der Waals surface area contributed by atoms with Crippen LogP contribution < -0.4 is 9.80 Å². The highest BCUT2D eigenvalue weighted by molar-refractivity contribution is 8.36. The summed E-state index contributed by atoms with van der Waals surface area (Å²) in [4.78, 5) is 7.10. The summed E-state index contributed by atoms with van der Waals surface area (Å²) < 4.78 is 5.53. The Balaban J connectivity index is 1.95. The van der Waals surface area contributed by atoms with Gasteiger partial charge in [0.1, 0.15) is 0 Å². The molecule has 0 bridgehead atoms. The number of benzene rings is 2. The molecule has 0 atom stereocenters. The monoisotopic (exact) mass is 588 g/mol. The zero-order chi connectivity index (χ0) is 26.0. The minimum atomic E-state index is 1.21. The van der Waals surface area contributed by atoms with Crippen molar-refractivity contribution in [2.24, 2.45) is 0 Å². The number of anilines is 2. The van der Waals surface area contributed by atoms with Gasteiger partial charge in [-0.2, -0.15) is 0 Å². The fraction of sp³-hybridized carbons (Fsp3) is 0.286. The highest BCUT2D eigenvalue weighted by Gasteiger charge is 2.29. The van der Waals surface area contributed by atoms with Crippen molar-refractivity contribution in [2.45, 2.75) is 13.8 Å². The summed E-state index contributed by atoms with van der Waals surface area (Å²) in [6.07, 6.45) is 4.36. The predicted molar refractivity (Wildman–Crippen MR) is 178 cm³/mol. The molecule has 0 spiro atoms. The Morgan fingerprint density at radius 1 is 0.556 bits per heavy atom. The third-order valence-electron chi connectivity index (χ3n) is 5.81. The molecule has 2 aliphatic heterocycles. The van der Waals surface area contributed by atoms with Crippen molar-refractivity contribution in [1.82, 2.24) is 0 Å². The van der Waals surface area contributed by atoms with E-state index in [2.05, 4.69) is 113 Å². The topological polar surface area (TPSA) is 6.48 Å². The van der Waals surface area contributed by atoms with Crippen LogP contribution in [0.1, 0.15) is 25.0 Å². The first-order valence-electron chi connectivity index (χ1n) is 11.5. The molecule has 0 fully saturated rings. The lowest BCUT2D eigenvalue weighted by Crippen LogP contribution is -2.08. The maximum atomic E-state index is 2.29. The van der Waals surface area contributed by atoms with Gasteiger partial charge in [-0.3, -0.25) is 0 Å². The van der Waals surface area contributed by atoms with Crippen molar-refractivity contribution in [1.29, 1.82) is 0 Å². The normalized spacial score (nSPS) is 18.8. The lowest BCUT2D eigenvalue weighted by molar-refractivity contribution is 1.13. The van der Waals surface area contributed by atoms with Crippen LogP contribution in [0.5, 0.6) is 0 Å². The number of hydrogen-bond acceptors (Lipinski definition) is 8. The van der Waals surface area contributed by atoms with E-state index in [9.17, 15) is 0 Å². The van der Waals surface area contributed by atoms with Crippen molar-refractivity contribution in [3.05, 3.63) is 86.4 Å². The van der Waals surface area contributed by atoms with Crippen LogP contribution in [-0.2, 0) is 0 Å². The second kappa shape index (κ2) is 12.3. The number of allylic oxidation sites excluding steroid dienone is 4. The van der Waals surface area contributed by atoms with Gasteiger partial charge < -0.3 is 9.80 Å². The number of rotatable bonds is 7. The predicted octanol–water partition coefficient (Wildman–Crippen LogP) is 9.92. The maximum Gasteiger partial charge on any atom is 0.0586 e. The van der Waals surface area contributed by atoms with Gasteiger partial charge in [0.2, 0.25) is 0 Å². The molecule has 0 N–H and O–H groups in total. The van der Waals surface area contributed by atoms with Crippen LogP contribution in [-0.4, -0.2) is 40.7 Å². The molecule has 4 rings (SSSR count). The lowest BCUT2D eigenvalue weighted by Gasteiger charge is -2.21. The number of thioether (sulfide) groups is 6. The van der Waals surface area contributed by atoms with Gasteiger partial charge in [0, 0.05) is 60.5 Å². The van der Waals surface area contributed by atoms with Crippen molar-refractivity contribution in [3.63, 3.8) is 0 Å². The van der Waals surface area contributed by atoms with E-state index in [0.717, 1.165) is 0 Å². The van der Waals surface area contributed by atoms with Gasteiger partial charge in [0.25, 0.3) is 0 Å². The minimum absolute atomic E-state index is 1.21. The Morgan fingerprint density at radius 2 is 0.889 bits per heavy atom. The lowest BCUT2D eigenvalue weighted by atomic mass is 9.94. The van der Waals surface area contributed by atoms with Gasteiger partial charge in [-0.25, -0.2) is 0 Å². The molecule has 0 radical (unpaired) electrons. The highest BCUT2D eigenvalue weighted by Crippen LogP contribution is 2.61. The Bertz CT molecular complexity index is 1150. The molecule has 8 heteroatoms. The van der Waals surface area contributed by atoms with E-state index < -0.39 is 0 Å². The van der Waals surface area contributed by atoms with E-state index >= 15 is 0 Å². The first-order chi connectivity index (χ1) is 17.2. The van der Waals surface area contributed by atoms with Crippen LogP contribution in [0.2, 0.25) is 0 Å². The molecular weight excluding hydrogens is 557 g/mol. The van der Waals surface area contributed by atoms with Crippen LogP contribution in [0.25, 0.3) is 11.1 Å². The van der Waals surface area contributed by atoms with Gasteiger partial charge in [0.05, 0.1) is 16.9 Å². The van der Waals surface area contributed by atoms with Crippen LogP contribution in [0.3, 0.4) is 0 Å². The Morgan fingerprint density at radius 3 is 1.14 bits per heavy atom. The van der Waals surface area contributed by atoms with Gasteiger partial charge in [0.15, 0.2) is 0 Å². The van der Waals surface area contributed by atoms with E-state index in [4.69, 9.17) is 0 Å². The standard InChI is InChI=1S/C28H32N2S6/c1-17-25(31-7)35-27(33-17)23(19-9-13-21(14-10-19)29(3)4)24(28-34-18(2)26(32-8)36-28)20-11-15-22(16-12-20)30(5)6/h9-16H,1-8H3/b27-23-,28-24-. The quantitative estimate of drug-likeness (QED) is 0.311. The van der Waals surface area contributed by atoms with E-state index in [1.54, 1.807) is 0 Å². The molecule has 2 aliphatic rings. The highest BCUT2D eigenvalue weighted by atomic mass is 32.2. The molecule has 2 heterocycles. The number of nitrogens with zero attached hydrogens (tertiary/aromatic N) is 2. The maximum absolute atomic E-state index is 2.29. The summed E-state index contributed by atoms with van der Waals surface area (Å²) in [5, 5.41) is 0. The smallest absolute Gasteiger partial charge is 0.0586 e. The number of hydrogen-bond donors (Lipinski definition) is 0. The second-order valence-electron chi connectivity index (χ2n) is 8.71. The third kappa shape index (κ3) is 6.05. The van der Waals surface area contributed by atoms with Crippen molar-refractivity contribution >= 4 is 93.1 Å². The minimum Gasteiger partial charge on any atom is -0.378 e. The van der Waals surface area contributed by atoms with Crippen molar-refractivity contribution in [3.8, 4) is 0 Å². The zero-order valence-corrected chi connectivity index (χ0v) is 26.9. The largest absolute Gasteiger partial charge is 0.378 e. The van der Waals surface area contributed by atoms with Gasteiger partial charge in [-0.15, -0.1) is 23.5 Å². The summed E-state index contributed by atoms with van der Waals surface area (Å²) in [6, 6.07) is 18.1. The first kappa shape index (κ1) is 28.1. The van der Waals surface area contributed by atoms with E-state index in [0.29, 0.717) is 0 Å². The molecule has 0 saturated heterocycles. The molecule has 2 nitrogen and oxygen atoms in total. The van der Waals surface area contributed by atoms with Crippen LogP contribution in [0.4, 0.5) is 11.4 Å². The molecule has 0 unspecified atom stereocenters. The molecular formula is C28H32N2S6. The van der Waals surface area contributed by atoms with E-state index in [1.807, 2.05) is 70.6 Å². The summed E-state index contributed by atoms with van der Waals surface area (Å²) in [6.45, 7) is 4.50. The Labute approximate surface area is 242 Å². The van der Waals surface area contributed by atoms with Crippen molar-refractivity contribution in [2.75, 3.05) is 50.5 Å². The van der Waals surface area contributed by atoms with E-state index in [1.165, 1.54) is 60.4 Å². The molecule has 2 aromatic rings. The fourth-order valence-electron chi connectivity index (χ4n) is 3.87. The van der Waals surface area contributed by atoms with Gasteiger partial charge in [-0.05, 0) is 61.8 Å². The molecule has 2 aromatic carbocycles.